The highest BCUT2D eigenvalue weighted by Gasteiger charge is 2.33. The van der Waals surface area contributed by atoms with Crippen LogP contribution >= 0.6 is 0 Å². The first-order chi connectivity index (χ1) is 13.6. The summed E-state index contributed by atoms with van der Waals surface area (Å²) in [7, 11) is 0. The van der Waals surface area contributed by atoms with E-state index in [4.69, 9.17) is 9.47 Å². The summed E-state index contributed by atoms with van der Waals surface area (Å²) >= 11 is 0. The van der Waals surface area contributed by atoms with Crippen LogP contribution in [-0.2, 0) is 12.8 Å². The number of aryl methyl sites for hydroxylation is 2. The first-order valence-corrected chi connectivity index (χ1v) is 10.4. The molecule has 5 rings (SSSR count). The molecule has 3 aliphatic heterocycles. The third-order valence-corrected chi connectivity index (χ3v) is 6.64. The van der Waals surface area contributed by atoms with Gasteiger partial charge in [0.25, 0.3) is 5.91 Å². The number of ether oxygens (including phenoxy) is 2. The van der Waals surface area contributed by atoms with Crippen LogP contribution in [0.1, 0.15) is 56.9 Å². The van der Waals surface area contributed by atoms with Gasteiger partial charge in [0, 0.05) is 48.2 Å². The molecule has 4 nitrogen and oxygen atoms in total. The molecule has 0 spiro atoms. The van der Waals surface area contributed by atoms with Crippen LogP contribution in [0, 0.1) is 13.8 Å². The lowest BCUT2D eigenvalue weighted by molar-refractivity contribution is 0.0712. The summed E-state index contributed by atoms with van der Waals surface area (Å²) in [5.74, 6) is 2.79. The van der Waals surface area contributed by atoms with E-state index in [1.807, 2.05) is 23.1 Å². The smallest absolute Gasteiger partial charge is 0.253 e. The van der Waals surface area contributed by atoms with Gasteiger partial charge in [-0.05, 0) is 61.9 Å². The fourth-order valence-corrected chi connectivity index (χ4v) is 4.88. The van der Waals surface area contributed by atoms with Crippen molar-refractivity contribution in [1.82, 2.24) is 4.90 Å². The zero-order valence-electron chi connectivity index (χ0n) is 16.7. The zero-order chi connectivity index (χ0) is 19.3. The molecule has 146 valence electrons. The average molecular weight is 377 g/mol. The van der Waals surface area contributed by atoms with E-state index in [-0.39, 0.29) is 5.91 Å². The lowest BCUT2D eigenvalue weighted by Crippen LogP contribution is -2.38. The number of nitrogens with zero attached hydrogens (tertiary/aromatic N) is 1. The SMILES string of the molecule is Cc1ccc(C(=O)N2CCC(c3c4c(cc5c3OCC5)OCC4)CC2)cc1C. The van der Waals surface area contributed by atoms with Crippen LogP contribution in [0.15, 0.2) is 24.3 Å². The maximum atomic E-state index is 13.0. The molecule has 2 aromatic carbocycles. The maximum absolute atomic E-state index is 13.0. The largest absolute Gasteiger partial charge is 0.493 e. The molecule has 4 heteroatoms. The van der Waals surface area contributed by atoms with E-state index in [1.165, 1.54) is 27.8 Å². The highest BCUT2D eigenvalue weighted by Crippen LogP contribution is 2.46. The number of fused-ring (bicyclic) bond motifs is 2. The van der Waals surface area contributed by atoms with Crippen molar-refractivity contribution in [2.75, 3.05) is 26.3 Å². The highest BCUT2D eigenvalue weighted by molar-refractivity contribution is 5.94. The minimum atomic E-state index is 0.157. The summed E-state index contributed by atoms with van der Waals surface area (Å²) in [4.78, 5) is 15.0. The quantitative estimate of drug-likeness (QED) is 0.788. The fourth-order valence-electron chi connectivity index (χ4n) is 4.88. The van der Waals surface area contributed by atoms with E-state index >= 15 is 0 Å². The fraction of sp³-hybridized carbons (Fsp3) is 0.458. The Morgan fingerprint density at radius 1 is 1.00 bits per heavy atom. The van der Waals surface area contributed by atoms with Crippen LogP contribution in [-0.4, -0.2) is 37.1 Å². The van der Waals surface area contributed by atoms with Gasteiger partial charge in [0.05, 0.1) is 13.2 Å². The predicted octanol–water partition coefficient (Wildman–Crippen LogP) is 4.19. The van der Waals surface area contributed by atoms with Crippen molar-refractivity contribution >= 4 is 5.91 Å². The molecule has 0 saturated carbocycles. The van der Waals surface area contributed by atoms with Crippen molar-refractivity contribution in [2.24, 2.45) is 0 Å². The molecular formula is C24H27NO3. The zero-order valence-corrected chi connectivity index (χ0v) is 16.7. The van der Waals surface area contributed by atoms with Gasteiger partial charge in [-0.1, -0.05) is 6.07 Å². The van der Waals surface area contributed by atoms with Crippen LogP contribution in [0.4, 0.5) is 0 Å². The Morgan fingerprint density at radius 2 is 1.79 bits per heavy atom. The minimum Gasteiger partial charge on any atom is -0.493 e. The van der Waals surface area contributed by atoms with Gasteiger partial charge in [-0.3, -0.25) is 4.79 Å². The minimum absolute atomic E-state index is 0.157. The lowest BCUT2D eigenvalue weighted by atomic mass is 9.83. The van der Waals surface area contributed by atoms with Gasteiger partial charge in [-0.25, -0.2) is 0 Å². The van der Waals surface area contributed by atoms with Gasteiger partial charge in [0.1, 0.15) is 11.5 Å². The number of hydrogen-bond acceptors (Lipinski definition) is 3. The highest BCUT2D eigenvalue weighted by atomic mass is 16.5. The molecule has 0 aliphatic carbocycles. The molecule has 0 N–H and O–H groups in total. The average Bonchev–Trinajstić information content (AvgIpc) is 3.36. The molecular weight excluding hydrogens is 350 g/mol. The first-order valence-electron chi connectivity index (χ1n) is 10.4. The number of amides is 1. The summed E-state index contributed by atoms with van der Waals surface area (Å²) in [5.41, 5.74) is 7.22. The Kier molecular flexibility index (Phi) is 4.30. The number of benzene rings is 2. The summed E-state index contributed by atoms with van der Waals surface area (Å²) in [6.07, 6.45) is 3.93. The molecule has 1 fully saturated rings. The number of likely N-dealkylation sites (tertiary alicyclic amines) is 1. The molecule has 0 bridgehead atoms. The molecule has 1 amide bonds. The van der Waals surface area contributed by atoms with Crippen molar-refractivity contribution in [2.45, 2.75) is 45.4 Å². The normalized spacial score (nSPS) is 18.4. The molecule has 3 aliphatic rings. The van der Waals surface area contributed by atoms with Gasteiger partial charge >= 0.3 is 0 Å². The topological polar surface area (TPSA) is 38.8 Å². The molecule has 2 aromatic rings. The summed E-state index contributed by atoms with van der Waals surface area (Å²) in [6.45, 7) is 7.30. The first kappa shape index (κ1) is 17.6. The van der Waals surface area contributed by atoms with Crippen LogP contribution in [0.25, 0.3) is 0 Å². The van der Waals surface area contributed by atoms with Crippen molar-refractivity contribution < 1.29 is 14.3 Å². The number of carbonyl (C=O) groups excluding carboxylic acids is 1. The monoisotopic (exact) mass is 377 g/mol. The number of piperidine rings is 1. The third kappa shape index (κ3) is 2.86. The van der Waals surface area contributed by atoms with Gasteiger partial charge < -0.3 is 14.4 Å². The molecule has 1 saturated heterocycles. The predicted molar refractivity (Wildman–Crippen MR) is 109 cm³/mol. The molecule has 0 aromatic heterocycles. The van der Waals surface area contributed by atoms with E-state index < -0.39 is 0 Å². The third-order valence-electron chi connectivity index (χ3n) is 6.64. The second-order valence-electron chi connectivity index (χ2n) is 8.32. The van der Waals surface area contributed by atoms with E-state index in [2.05, 4.69) is 19.9 Å². The molecule has 0 unspecified atom stereocenters. The maximum Gasteiger partial charge on any atom is 0.253 e. The molecule has 3 heterocycles. The summed E-state index contributed by atoms with van der Waals surface area (Å²) in [6, 6.07) is 8.21. The Morgan fingerprint density at radius 3 is 2.57 bits per heavy atom. The van der Waals surface area contributed by atoms with Gasteiger partial charge in [-0.15, -0.1) is 0 Å². The lowest BCUT2D eigenvalue weighted by Gasteiger charge is -2.33. The van der Waals surface area contributed by atoms with E-state index in [0.29, 0.717) is 5.92 Å². The van der Waals surface area contributed by atoms with Crippen LogP contribution in [0.2, 0.25) is 0 Å². The number of carbonyl (C=O) groups is 1. The molecule has 0 radical (unpaired) electrons. The van der Waals surface area contributed by atoms with Crippen LogP contribution in [0.5, 0.6) is 11.5 Å². The second kappa shape index (κ2) is 6.84. The van der Waals surface area contributed by atoms with Crippen molar-refractivity contribution in [3.8, 4) is 11.5 Å². The van der Waals surface area contributed by atoms with Crippen LogP contribution in [0.3, 0.4) is 0 Å². The van der Waals surface area contributed by atoms with E-state index in [9.17, 15) is 4.79 Å². The van der Waals surface area contributed by atoms with Gasteiger partial charge in [-0.2, -0.15) is 0 Å². The van der Waals surface area contributed by atoms with Crippen molar-refractivity contribution in [1.29, 1.82) is 0 Å². The Labute approximate surface area is 166 Å². The van der Waals surface area contributed by atoms with E-state index in [1.54, 1.807) is 0 Å². The molecule has 0 atom stereocenters. The summed E-state index contributed by atoms with van der Waals surface area (Å²) in [5, 5.41) is 0. The van der Waals surface area contributed by atoms with Crippen molar-refractivity contribution in [3.05, 3.63) is 57.6 Å². The van der Waals surface area contributed by atoms with E-state index in [0.717, 1.165) is 69.0 Å². The molecule has 28 heavy (non-hydrogen) atoms. The Hall–Kier alpha value is -2.49. The Balaban J connectivity index is 1.36. The second-order valence-corrected chi connectivity index (χ2v) is 8.32. The van der Waals surface area contributed by atoms with Crippen molar-refractivity contribution in [3.63, 3.8) is 0 Å². The number of hydrogen-bond donors (Lipinski definition) is 0. The summed E-state index contributed by atoms with van der Waals surface area (Å²) < 4.78 is 11.9. The number of rotatable bonds is 2. The van der Waals surface area contributed by atoms with Gasteiger partial charge in [0.2, 0.25) is 0 Å². The Bertz CT molecular complexity index is 909. The standard InChI is InChI=1S/C24H27NO3/c1-15-3-4-19(13-16(15)2)24(26)25-9-5-17(6-10-25)22-20-8-12-27-21(20)14-18-7-11-28-23(18)22/h3-4,13-14,17H,5-12H2,1-2H3. The van der Waals surface area contributed by atoms with Gasteiger partial charge in [0.15, 0.2) is 0 Å². The van der Waals surface area contributed by atoms with Crippen LogP contribution < -0.4 is 9.47 Å².